The fourth-order valence-electron chi connectivity index (χ4n) is 2.52. The number of aliphatic hydroxyl groups is 1. The second kappa shape index (κ2) is 6.88. The Kier molecular flexibility index (Phi) is 5.09. The lowest BCUT2D eigenvalue weighted by atomic mass is 9.88. The predicted octanol–water partition coefficient (Wildman–Crippen LogP) is 2.79. The number of ether oxygens (including phenoxy) is 1. The van der Waals surface area contributed by atoms with Crippen LogP contribution in [0.3, 0.4) is 0 Å². The molecule has 1 aromatic carbocycles. The molecule has 3 N–H and O–H groups in total. The fourth-order valence-corrected chi connectivity index (χ4v) is 2.52. The van der Waals surface area contributed by atoms with Crippen molar-refractivity contribution in [3.05, 3.63) is 46.2 Å². The van der Waals surface area contributed by atoms with Crippen molar-refractivity contribution in [3.8, 4) is 11.5 Å². The first kappa shape index (κ1) is 17.7. The highest BCUT2D eigenvalue weighted by atomic mass is 16.5. The van der Waals surface area contributed by atoms with Crippen LogP contribution in [0.1, 0.15) is 59.6 Å². The van der Waals surface area contributed by atoms with Crippen LogP contribution < -0.4 is 0 Å². The van der Waals surface area contributed by atoms with Crippen molar-refractivity contribution < 1.29 is 29.6 Å². The summed E-state index contributed by atoms with van der Waals surface area (Å²) in [6, 6.07) is 1.11. The van der Waals surface area contributed by atoms with Gasteiger partial charge in [-0.3, -0.25) is 9.59 Å². The summed E-state index contributed by atoms with van der Waals surface area (Å²) in [6.45, 7) is 5.55. The highest BCUT2D eigenvalue weighted by molar-refractivity contribution is 6.26. The van der Waals surface area contributed by atoms with E-state index in [4.69, 9.17) is 4.74 Å². The van der Waals surface area contributed by atoms with Crippen molar-refractivity contribution in [2.24, 2.45) is 0 Å². The molecule has 6 nitrogen and oxygen atoms in total. The van der Waals surface area contributed by atoms with Gasteiger partial charge in [-0.1, -0.05) is 11.6 Å². The number of carbonyl (C=O) groups is 2. The number of aromatic hydroxyl groups is 2. The van der Waals surface area contributed by atoms with Crippen molar-refractivity contribution in [3.63, 3.8) is 0 Å². The van der Waals surface area contributed by atoms with E-state index in [-0.39, 0.29) is 35.5 Å². The number of rotatable bonds is 5. The summed E-state index contributed by atoms with van der Waals surface area (Å²) < 4.78 is 5.12. The van der Waals surface area contributed by atoms with Gasteiger partial charge in [-0.25, -0.2) is 0 Å². The van der Waals surface area contributed by atoms with Gasteiger partial charge in [-0.05, 0) is 33.3 Å². The lowest BCUT2D eigenvalue weighted by Crippen LogP contribution is -2.20. The summed E-state index contributed by atoms with van der Waals surface area (Å²) in [6.07, 6.45) is 1.83. The Morgan fingerprint density at radius 3 is 2.50 bits per heavy atom. The third kappa shape index (κ3) is 3.19. The number of phenols is 2. The molecule has 0 aromatic heterocycles. The number of allylic oxidation sites excluding steroid dienone is 3. The number of hydrogen-bond acceptors (Lipinski definition) is 6. The summed E-state index contributed by atoms with van der Waals surface area (Å²) >= 11 is 0. The van der Waals surface area contributed by atoms with Gasteiger partial charge < -0.3 is 20.1 Å². The molecule has 128 valence electrons. The Balaban J connectivity index is 2.56. The maximum atomic E-state index is 12.5. The third-order valence-electron chi connectivity index (χ3n) is 3.68. The summed E-state index contributed by atoms with van der Waals surface area (Å²) in [5, 5.41) is 30.8. The molecule has 0 spiro atoms. The van der Waals surface area contributed by atoms with Crippen LogP contribution >= 0.6 is 0 Å². The van der Waals surface area contributed by atoms with E-state index in [9.17, 15) is 24.9 Å². The minimum absolute atomic E-state index is 0.0114. The Morgan fingerprint density at radius 2 is 1.92 bits per heavy atom. The number of phenolic OH excluding ortho intramolecular Hbond substituents is 2. The molecule has 0 saturated heterocycles. The molecule has 1 aromatic rings. The Hall–Kier alpha value is -2.60. The standard InChI is InChI=1S/C18H20O6/c1-4-24-14-8-13(21)15-12(20)7-10(11(19)6-5-9(2)3)17(22)16(15)18(14)23/h5,7-8,11,19-20,22H,4,6H2,1-3H3/t11-/m1/s1. The number of hydrogen-bond donors (Lipinski definition) is 3. The van der Waals surface area contributed by atoms with Gasteiger partial charge in [0.25, 0.3) is 0 Å². The molecule has 0 heterocycles. The molecule has 0 fully saturated rings. The zero-order valence-electron chi connectivity index (χ0n) is 13.8. The SMILES string of the molecule is CCOC1=CC(=O)c2c(O)cc([C@H](O)CC=C(C)C)c(O)c2C1=O. The molecule has 24 heavy (non-hydrogen) atoms. The van der Waals surface area contributed by atoms with Crippen LogP contribution in [0.25, 0.3) is 0 Å². The van der Waals surface area contributed by atoms with E-state index in [0.717, 1.165) is 17.7 Å². The first-order chi connectivity index (χ1) is 11.3. The van der Waals surface area contributed by atoms with Crippen LogP contribution in [0, 0.1) is 0 Å². The molecule has 0 saturated carbocycles. The maximum absolute atomic E-state index is 12.5. The molecule has 1 aliphatic rings. The monoisotopic (exact) mass is 332 g/mol. The smallest absolute Gasteiger partial charge is 0.232 e. The molecule has 0 amide bonds. The molecular formula is C18H20O6. The molecule has 0 radical (unpaired) electrons. The van der Waals surface area contributed by atoms with Crippen LogP contribution in [0.15, 0.2) is 29.6 Å². The minimum atomic E-state index is -1.12. The van der Waals surface area contributed by atoms with E-state index in [2.05, 4.69) is 0 Å². The van der Waals surface area contributed by atoms with Crippen molar-refractivity contribution in [1.82, 2.24) is 0 Å². The number of Topliss-reactive ketones (excluding diaryl/α,β-unsaturated/α-hetero) is 1. The number of carbonyl (C=O) groups excluding carboxylic acids is 2. The lowest BCUT2D eigenvalue weighted by Gasteiger charge is -2.21. The maximum Gasteiger partial charge on any atom is 0.232 e. The predicted molar refractivity (Wildman–Crippen MR) is 87.1 cm³/mol. The first-order valence-electron chi connectivity index (χ1n) is 7.61. The summed E-state index contributed by atoms with van der Waals surface area (Å²) in [7, 11) is 0. The molecule has 1 atom stereocenters. The van der Waals surface area contributed by atoms with Crippen LogP contribution in [0.5, 0.6) is 11.5 Å². The Labute approximate surface area is 139 Å². The van der Waals surface area contributed by atoms with E-state index in [1.807, 2.05) is 13.8 Å². The highest BCUT2D eigenvalue weighted by Gasteiger charge is 2.34. The van der Waals surface area contributed by atoms with Gasteiger partial charge in [0.15, 0.2) is 11.5 Å². The number of aliphatic hydroxyl groups excluding tert-OH is 1. The Morgan fingerprint density at radius 1 is 1.25 bits per heavy atom. The highest BCUT2D eigenvalue weighted by Crippen LogP contribution is 2.41. The van der Waals surface area contributed by atoms with Crippen molar-refractivity contribution in [2.75, 3.05) is 6.61 Å². The quantitative estimate of drug-likeness (QED) is 0.566. The number of ketones is 2. The lowest BCUT2D eigenvalue weighted by molar-refractivity contribution is 0.0886. The fraction of sp³-hybridized carbons (Fsp3) is 0.333. The van der Waals surface area contributed by atoms with Crippen molar-refractivity contribution >= 4 is 11.6 Å². The molecular weight excluding hydrogens is 312 g/mol. The normalized spacial score (nSPS) is 14.8. The van der Waals surface area contributed by atoms with Crippen LogP contribution in [0.4, 0.5) is 0 Å². The average molecular weight is 332 g/mol. The largest absolute Gasteiger partial charge is 0.507 e. The molecule has 6 heteroatoms. The zero-order chi connectivity index (χ0) is 18.0. The summed E-state index contributed by atoms with van der Waals surface area (Å²) in [5.74, 6) is -2.50. The van der Waals surface area contributed by atoms with Gasteiger partial charge >= 0.3 is 0 Å². The molecule has 0 bridgehead atoms. The molecule has 0 aliphatic heterocycles. The summed E-state index contributed by atoms with van der Waals surface area (Å²) in [5.41, 5.74) is 0.350. The van der Waals surface area contributed by atoms with Gasteiger partial charge in [0.05, 0.1) is 23.8 Å². The average Bonchev–Trinajstić information content (AvgIpc) is 2.51. The second-order valence-electron chi connectivity index (χ2n) is 5.75. The van der Waals surface area contributed by atoms with E-state index in [0.29, 0.717) is 0 Å². The van der Waals surface area contributed by atoms with E-state index >= 15 is 0 Å². The number of fused-ring (bicyclic) bond motifs is 1. The molecule has 1 aliphatic carbocycles. The van der Waals surface area contributed by atoms with Gasteiger partial charge in [-0.15, -0.1) is 0 Å². The first-order valence-corrected chi connectivity index (χ1v) is 7.61. The van der Waals surface area contributed by atoms with E-state index in [1.54, 1.807) is 13.0 Å². The van der Waals surface area contributed by atoms with Gasteiger partial charge in [0.1, 0.15) is 11.5 Å². The topological polar surface area (TPSA) is 104 Å². The Bertz CT molecular complexity index is 753. The van der Waals surface area contributed by atoms with Gasteiger partial charge in [0, 0.05) is 11.6 Å². The van der Waals surface area contributed by atoms with Gasteiger partial charge in [-0.2, -0.15) is 0 Å². The second-order valence-corrected chi connectivity index (χ2v) is 5.75. The van der Waals surface area contributed by atoms with E-state index in [1.165, 1.54) is 0 Å². The minimum Gasteiger partial charge on any atom is -0.507 e. The molecule has 0 unspecified atom stereocenters. The van der Waals surface area contributed by atoms with Gasteiger partial charge in [0.2, 0.25) is 5.78 Å². The van der Waals surface area contributed by atoms with Crippen LogP contribution in [0.2, 0.25) is 0 Å². The third-order valence-corrected chi connectivity index (χ3v) is 3.68. The summed E-state index contributed by atoms with van der Waals surface area (Å²) in [4.78, 5) is 24.6. The molecule has 2 rings (SSSR count). The van der Waals surface area contributed by atoms with Crippen LogP contribution in [-0.2, 0) is 4.74 Å². The van der Waals surface area contributed by atoms with Crippen LogP contribution in [-0.4, -0.2) is 33.5 Å². The van der Waals surface area contributed by atoms with E-state index < -0.39 is 29.2 Å². The van der Waals surface area contributed by atoms with Crippen molar-refractivity contribution in [1.29, 1.82) is 0 Å². The number of benzene rings is 1. The zero-order valence-corrected chi connectivity index (χ0v) is 13.8. The van der Waals surface area contributed by atoms with Crippen molar-refractivity contribution in [2.45, 2.75) is 33.3 Å².